The molecule has 0 saturated heterocycles. The standard InChI is InChI=1S/C11H13NO4/c1-16-9-4-2-3-8(10(9)12(14)15)11(7-13)5-6-11/h2-4,13H,5-7H2,1H3. The van der Waals surface area contributed by atoms with Crippen molar-refractivity contribution < 1.29 is 14.8 Å². The van der Waals surface area contributed by atoms with Gasteiger partial charge in [0.2, 0.25) is 0 Å². The molecule has 86 valence electrons. The van der Waals surface area contributed by atoms with Crippen molar-refractivity contribution in [1.29, 1.82) is 0 Å². The van der Waals surface area contributed by atoms with Crippen molar-refractivity contribution >= 4 is 5.69 Å². The molecule has 0 heterocycles. The number of rotatable bonds is 4. The lowest BCUT2D eigenvalue weighted by molar-refractivity contribution is -0.386. The van der Waals surface area contributed by atoms with Crippen molar-refractivity contribution in [2.24, 2.45) is 0 Å². The van der Waals surface area contributed by atoms with Crippen LogP contribution in [-0.2, 0) is 5.41 Å². The maximum absolute atomic E-state index is 11.0. The average molecular weight is 223 g/mol. The van der Waals surface area contributed by atoms with Gasteiger partial charge in [-0.05, 0) is 18.9 Å². The van der Waals surface area contributed by atoms with Gasteiger partial charge in [-0.25, -0.2) is 0 Å². The first-order chi connectivity index (χ1) is 7.64. The molecule has 1 aromatic rings. The van der Waals surface area contributed by atoms with Crippen LogP contribution in [0.3, 0.4) is 0 Å². The maximum Gasteiger partial charge on any atom is 0.314 e. The van der Waals surface area contributed by atoms with E-state index in [0.717, 1.165) is 12.8 Å². The third-order valence-electron chi connectivity index (χ3n) is 3.13. The summed E-state index contributed by atoms with van der Waals surface area (Å²) in [6, 6.07) is 4.98. The average Bonchev–Trinajstić information content (AvgIpc) is 3.08. The Morgan fingerprint density at radius 3 is 2.69 bits per heavy atom. The Kier molecular flexibility index (Phi) is 2.55. The number of methoxy groups -OCH3 is 1. The monoisotopic (exact) mass is 223 g/mol. The van der Waals surface area contributed by atoms with Gasteiger partial charge in [0.05, 0.1) is 18.6 Å². The minimum absolute atomic E-state index is 0.0171. The molecule has 16 heavy (non-hydrogen) atoms. The van der Waals surface area contributed by atoms with E-state index in [4.69, 9.17) is 4.74 Å². The predicted molar refractivity (Wildman–Crippen MR) is 57.6 cm³/mol. The van der Waals surface area contributed by atoms with Crippen LogP contribution in [0, 0.1) is 10.1 Å². The summed E-state index contributed by atoms with van der Waals surface area (Å²) < 4.78 is 4.99. The molecule has 5 nitrogen and oxygen atoms in total. The van der Waals surface area contributed by atoms with Gasteiger partial charge in [0, 0.05) is 11.0 Å². The number of ether oxygens (including phenoxy) is 1. The fourth-order valence-electron chi connectivity index (χ4n) is 1.97. The van der Waals surface area contributed by atoms with E-state index in [0.29, 0.717) is 5.56 Å². The van der Waals surface area contributed by atoms with Crippen LogP contribution < -0.4 is 4.74 Å². The predicted octanol–water partition coefficient (Wildman–Crippen LogP) is 1.63. The van der Waals surface area contributed by atoms with E-state index in [2.05, 4.69) is 0 Å². The van der Waals surface area contributed by atoms with Gasteiger partial charge >= 0.3 is 5.69 Å². The number of nitrogens with zero attached hydrogens (tertiary/aromatic N) is 1. The quantitative estimate of drug-likeness (QED) is 0.622. The maximum atomic E-state index is 11.0. The van der Waals surface area contributed by atoms with Gasteiger partial charge in [0.25, 0.3) is 0 Å². The summed E-state index contributed by atoms with van der Waals surface area (Å²) in [4.78, 5) is 10.6. The first-order valence-electron chi connectivity index (χ1n) is 5.07. The van der Waals surface area contributed by atoms with E-state index < -0.39 is 10.3 Å². The summed E-state index contributed by atoms with van der Waals surface area (Å²) in [7, 11) is 1.41. The second kappa shape index (κ2) is 3.75. The summed E-state index contributed by atoms with van der Waals surface area (Å²) in [5, 5.41) is 20.4. The van der Waals surface area contributed by atoms with Crippen LogP contribution in [0.15, 0.2) is 18.2 Å². The van der Waals surface area contributed by atoms with Crippen LogP contribution in [0.5, 0.6) is 5.75 Å². The Morgan fingerprint density at radius 2 is 2.25 bits per heavy atom. The molecule has 1 saturated carbocycles. The van der Waals surface area contributed by atoms with Crippen LogP contribution in [-0.4, -0.2) is 23.7 Å². The van der Waals surface area contributed by atoms with Crippen LogP contribution in [0.1, 0.15) is 18.4 Å². The van der Waals surface area contributed by atoms with Gasteiger partial charge in [-0.1, -0.05) is 12.1 Å². The summed E-state index contributed by atoms with van der Waals surface area (Å²) in [6.07, 6.45) is 1.58. The van der Waals surface area contributed by atoms with Crippen molar-refractivity contribution in [3.8, 4) is 5.75 Å². The first-order valence-corrected chi connectivity index (χ1v) is 5.07. The molecule has 0 aromatic heterocycles. The molecule has 5 heteroatoms. The molecule has 1 aliphatic rings. The number of aliphatic hydroxyl groups excluding tert-OH is 1. The highest BCUT2D eigenvalue weighted by molar-refractivity contribution is 5.57. The second-order valence-electron chi connectivity index (χ2n) is 4.05. The smallest absolute Gasteiger partial charge is 0.314 e. The molecule has 1 N–H and O–H groups in total. The van der Waals surface area contributed by atoms with E-state index >= 15 is 0 Å². The molecule has 1 aliphatic carbocycles. The van der Waals surface area contributed by atoms with Crippen LogP contribution >= 0.6 is 0 Å². The minimum Gasteiger partial charge on any atom is -0.490 e. The van der Waals surface area contributed by atoms with E-state index in [1.54, 1.807) is 18.2 Å². The Bertz CT molecular complexity index is 426. The molecule has 0 bridgehead atoms. The van der Waals surface area contributed by atoms with Gasteiger partial charge in [-0.2, -0.15) is 0 Å². The Hall–Kier alpha value is -1.62. The highest BCUT2D eigenvalue weighted by Crippen LogP contribution is 2.52. The molecule has 1 aromatic carbocycles. The van der Waals surface area contributed by atoms with E-state index in [1.165, 1.54) is 7.11 Å². The molecule has 2 rings (SSSR count). The zero-order chi connectivity index (χ0) is 11.8. The summed E-state index contributed by atoms with van der Waals surface area (Å²) >= 11 is 0. The Balaban J connectivity index is 2.56. The largest absolute Gasteiger partial charge is 0.490 e. The first kappa shape index (κ1) is 10.9. The van der Waals surface area contributed by atoms with E-state index in [9.17, 15) is 15.2 Å². The van der Waals surface area contributed by atoms with Gasteiger partial charge in [0.15, 0.2) is 5.75 Å². The topological polar surface area (TPSA) is 72.6 Å². The van der Waals surface area contributed by atoms with Crippen molar-refractivity contribution in [3.63, 3.8) is 0 Å². The highest BCUT2D eigenvalue weighted by Gasteiger charge is 2.48. The van der Waals surface area contributed by atoms with Crippen LogP contribution in [0.25, 0.3) is 0 Å². The molecule has 0 radical (unpaired) electrons. The second-order valence-corrected chi connectivity index (χ2v) is 4.05. The van der Waals surface area contributed by atoms with Crippen molar-refractivity contribution in [3.05, 3.63) is 33.9 Å². The fourth-order valence-corrected chi connectivity index (χ4v) is 1.97. The number of aliphatic hydroxyl groups is 1. The Morgan fingerprint density at radius 1 is 1.56 bits per heavy atom. The number of hydrogen-bond acceptors (Lipinski definition) is 4. The molecule has 0 unspecified atom stereocenters. The molecule has 0 atom stereocenters. The minimum atomic E-state index is -0.441. The SMILES string of the molecule is COc1cccc(C2(CO)CC2)c1[N+](=O)[O-]. The third-order valence-corrected chi connectivity index (χ3v) is 3.13. The lowest BCUT2D eigenvalue weighted by atomic mass is 9.95. The van der Waals surface area contributed by atoms with E-state index in [-0.39, 0.29) is 18.0 Å². The van der Waals surface area contributed by atoms with Gasteiger partial charge in [-0.3, -0.25) is 10.1 Å². The molecular weight excluding hydrogens is 210 g/mol. The normalized spacial score (nSPS) is 16.9. The van der Waals surface area contributed by atoms with Crippen molar-refractivity contribution in [2.75, 3.05) is 13.7 Å². The summed E-state index contributed by atoms with van der Waals surface area (Å²) in [6.45, 7) is -0.0546. The molecule has 1 fully saturated rings. The number of nitro groups is 1. The number of benzene rings is 1. The number of para-hydroxylation sites is 1. The Labute approximate surface area is 92.8 Å². The van der Waals surface area contributed by atoms with Gasteiger partial charge < -0.3 is 9.84 Å². The summed E-state index contributed by atoms with van der Waals surface area (Å²) in [5.41, 5.74) is 0.146. The van der Waals surface area contributed by atoms with Crippen LogP contribution in [0.2, 0.25) is 0 Å². The number of hydrogen-bond donors (Lipinski definition) is 1. The summed E-state index contributed by atoms with van der Waals surface area (Å²) in [5.74, 6) is 0.252. The molecular formula is C11H13NO4. The van der Waals surface area contributed by atoms with Crippen molar-refractivity contribution in [1.82, 2.24) is 0 Å². The zero-order valence-electron chi connectivity index (χ0n) is 8.97. The third kappa shape index (κ3) is 1.53. The lowest BCUT2D eigenvalue weighted by Crippen LogP contribution is -2.14. The molecule has 0 aliphatic heterocycles. The molecule has 0 spiro atoms. The van der Waals surface area contributed by atoms with Crippen molar-refractivity contribution in [2.45, 2.75) is 18.3 Å². The lowest BCUT2D eigenvalue weighted by Gasteiger charge is -2.13. The van der Waals surface area contributed by atoms with E-state index in [1.807, 2.05) is 0 Å². The fraction of sp³-hybridized carbons (Fsp3) is 0.455. The zero-order valence-corrected chi connectivity index (χ0v) is 8.97. The highest BCUT2D eigenvalue weighted by atomic mass is 16.6. The number of nitro benzene ring substituents is 1. The van der Waals surface area contributed by atoms with Gasteiger partial charge in [-0.15, -0.1) is 0 Å². The van der Waals surface area contributed by atoms with Crippen LogP contribution in [0.4, 0.5) is 5.69 Å². The van der Waals surface area contributed by atoms with Gasteiger partial charge in [0.1, 0.15) is 0 Å². The molecule has 0 amide bonds.